The highest BCUT2D eigenvalue weighted by molar-refractivity contribution is 5.38. The summed E-state index contributed by atoms with van der Waals surface area (Å²) in [6, 6.07) is 5.45. The van der Waals surface area contributed by atoms with E-state index in [-0.39, 0.29) is 6.61 Å². The Morgan fingerprint density at radius 3 is 2.39 bits per heavy atom. The Morgan fingerprint density at radius 2 is 1.89 bits per heavy atom. The topological polar surface area (TPSA) is 18.5 Å². The number of hydrogen-bond acceptors (Lipinski definition) is 2. The zero-order valence-electron chi connectivity index (χ0n) is 10.7. The van der Waals surface area contributed by atoms with Crippen molar-refractivity contribution in [2.45, 2.75) is 32.5 Å². The number of alkyl halides is 3. The van der Waals surface area contributed by atoms with Crippen LogP contribution in [0.15, 0.2) is 18.2 Å². The summed E-state index contributed by atoms with van der Waals surface area (Å²) in [6.45, 7) is 2.71. The summed E-state index contributed by atoms with van der Waals surface area (Å²) in [5.41, 5.74) is 1.69. The minimum absolute atomic E-state index is 0.110. The minimum atomic E-state index is -4.30. The molecule has 0 aliphatic carbocycles. The molecule has 0 spiro atoms. The second kappa shape index (κ2) is 6.09. The van der Waals surface area contributed by atoms with Gasteiger partial charge in [-0.1, -0.05) is 26.0 Å². The molecule has 0 aliphatic heterocycles. The van der Waals surface area contributed by atoms with Gasteiger partial charge in [-0.05, 0) is 17.5 Å². The molecule has 0 amide bonds. The lowest BCUT2D eigenvalue weighted by Gasteiger charge is -2.13. The third-order valence-corrected chi connectivity index (χ3v) is 2.50. The van der Waals surface area contributed by atoms with E-state index >= 15 is 0 Å². The third-order valence-electron chi connectivity index (χ3n) is 2.50. The molecule has 0 fully saturated rings. The van der Waals surface area contributed by atoms with Crippen molar-refractivity contribution in [3.05, 3.63) is 29.3 Å². The van der Waals surface area contributed by atoms with E-state index in [0.29, 0.717) is 17.2 Å². The van der Waals surface area contributed by atoms with Gasteiger partial charge in [-0.3, -0.25) is 0 Å². The van der Waals surface area contributed by atoms with Gasteiger partial charge >= 0.3 is 6.18 Å². The number of halogens is 3. The summed E-state index contributed by atoms with van der Waals surface area (Å²) in [4.78, 5) is 0. The Kier molecular flexibility index (Phi) is 5.02. The van der Waals surface area contributed by atoms with Crippen molar-refractivity contribution in [1.29, 1.82) is 0 Å². The first-order chi connectivity index (χ1) is 8.33. The lowest BCUT2D eigenvalue weighted by Crippen LogP contribution is -2.16. The number of methoxy groups -OCH3 is 1. The minimum Gasteiger partial charge on any atom is -0.496 e. The predicted molar refractivity (Wildman–Crippen MR) is 62.8 cm³/mol. The molecule has 0 atom stereocenters. The van der Waals surface area contributed by atoms with Crippen molar-refractivity contribution < 1.29 is 22.6 Å². The maximum Gasteiger partial charge on any atom is 0.411 e. The van der Waals surface area contributed by atoms with Gasteiger partial charge in [-0.15, -0.1) is 0 Å². The maximum atomic E-state index is 12.0. The molecule has 5 heteroatoms. The number of benzene rings is 1. The van der Waals surface area contributed by atoms with E-state index in [1.165, 1.54) is 7.11 Å². The van der Waals surface area contributed by atoms with E-state index in [1.807, 2.05) is 26.0 Å². The normalized spacial score (nSPS) is 11.9. The molecule has 102 valence electrons. The largest absolute Gasteiger partial charge is 0.496 e. The van der Waals surface area contributed by atoms with E-state index in [4.69, 9.17) is 4.74 Å². The second-order valence-corrected chi connectivity index (χ2v) is 4.33. The Balaban J connectivity index is 2.71. The molecule has 18 heavy (non-hydrogen) atoms. The SMILES string of the molecule is COc1cc(C(C)C)ccc1COCC(F)(F)F. The standard InChI is InChI=1S/C13H17F3O2/c1-9(2)10-4-5-11(12(6-10)17-3)7-18-8-13(14,15)16/h4-6,9H,7-8H2,1-3H3. The maximum absolute atomic E-state index is 12.0. The molecule has 0 aliphatic rings. The van der Waals surface area contributed by atoms with Gasteiger partial charge in [0.05, 0.1) is 13.7 Å². The predicted octanol–water partition coefficient (Wildman–Crippen LogP) is 3.90. The second-order valence-electron chi connectivity index (χ2n) is 4.33. The summed E-state index contributed by atoms with van der Waals surface area (Å²) >= 11 is 0. The molecule has 0 radical (unpaired) electrons. The van der Waals surface area contributed by atoms with Crippen LogP contribution in [-0.4, -0.2) is 19.9 Å². The Hall–Kier alpha value is -1.23. The first-order valence-electron chi connectivity index (χ1n) is 5.65. The molecule has 0 unspecified atom stereocenters. The first kappa shape index (κ1) is 14.8. The Labute approximate surface area is 105 Å². The smallest absolute Gasteiger partial charge is 0.411 e. The molecular formula is C13H17F3O2. The molecule has 0 bridgehead atoms. The van der Waals surface area contributed by atoms with Crippen LogP contribution in [0.3, 0.4) is 0 Å². The number of rotatable bonds is 5. The van der Waals surface area contributed by atoms with E-state index in [0.717, 1.165) is 5.56 Å². The lowest BCUT2D eigenvalue weighted by molar-refractivity contribution is -0.176. The van der Waals surface area contributed by atoms with Crippen LogP contribution in [-0.2, 0) is 11.3 Å². The van der Waals surface area contributed by atoms with Crippen molar-refractivity contribution in [3.8, 4) is 5.75 Å². The van der Waals surface area contributed by atoms with Crippen molar-refractivity contribution in [2.24, 2.45) is 0 Å². The van der Waals surface area contributed by atoms with E-state index in [2.05, 4.69) is 4.74 Å². The van der Waals surface area contributed by atoms with Gasteiger partial charge in [0, 0.05) is 5.56 Å². The van der Waals surface area contributed by atoms with Crippen molar-refractivity contribution in [3.63, 3.8) is 0 Å². The van der Waals surface area contributed by atoms with Gasteiger partial charge in [0.15, 0.2) is 0 Å². The van der Waals surface area contributed by atoms with Crippen molar-refractivity contribution in [1.82, 2.24) is 0 Å². The highest BCUT2D eigenvalue weighted by Gasteiger charge is 2.27. The zero-order chi connectivity index (χ0) is 13.8. The van der Waals surface area contributed by atoms with Crippen molar-refractivity contribution in [2.75, 3.05) is 13.7 Å². The van der Waals surface area contributed by atoms with Crippen LogP contribution >= 0.6 is 0 Å². The van der Waals surface area contributed by atoms with Crippen LogP contribution in [0.2, 0.25) is 0 Å². The molecule has 0 aromatic heterocycles. The van der Waals surface area contributed by atoms with Crippen LogP contribution in [0.25, 0.3) is 0 Å². The van der Waals surface area contributed by atoms with E-state index in [1.54, 1.807) is 6.07 Å². The van der Waals surface area contributed by atoms with Gasteiger partial charge in [0.1, 0.15) is 12.4 Å². The average molecular weight is 262 g/mol. The lowest BCUT2D eigenvalue weighted by atomic mass is 10.0. The molecule has 0 N–H and O–H groups in total. The number of hydrogen-bond donors (Lipinski definition) is 0. The molecule has 1 aromatic carbocycles. The molecule has 2 nitrogen and oxygen atoms in total. The summed E-state index contributed by atoms with van der Waals surface area (Å²) in [7, 11) is 1.49. The van der Waals surface area contributed by atoms with Crippen LogP contribution in [0, 0.1) is 0 Å². The molecular weight excluding hydrogens is 245 g/mol. The molecule has 1 rings (SSSR count). The van der Waals surface area contributed by atoms with Gasteiger partial charge in [0.2, 0.25) is 0 Å². The van der Waals surface area contributed by atoms with Crippen LogP contribution in [0.4, 0.5) is 13.2 Å². The van der Waals surface area contributed by atoms with Crippen LogP contribution in [0.5, 0.6) is 5.75 Å². The fourth-order valence-corrected chi connectivity index (χ4v) is 1.52. The van der Waals surface area contributed by atoms with Crippen LogP contribution < -0.4 is 4.74 Å². The summed E-state index contributed by atoms with van der Waals surface area (Å²) < 4.78 is 45.6. The molecule has 0 saturated heterocycles. The Bertz CT molecular complexity index is 386. The highest BCUT2D eigenvalue weighted by atomic mass is 19.4. The highest BCUT2D eigenvalue weighted by Crippen LogP contribution is 2.26. The number of ether oxygens (including phenoxy) is 2. The van der Waals surface area contributed by atoms with E-state index < -0.39 is 12.8 Å². The van der Waals surface area contributed by atoms with Gasteiger partial charge in [-0.2, -0.15) is 13.2 Å². The van der Waals surface area contributed by atoms with Crippen LogP contribution in [0.1, 0.15) is 30.9 Å². The molecule has 0 saturated carbocycles. The monoisotopic (exact) mass is 262 g/mol. The Morgan fingerprint density at radius 1 is 1.22 bits per heavy atom. The van der Waals surface area contributed by atoms with E-state index in [9.17, 15) is 13.2 Å². The zero-order valence-corrected chi connectivity index (χ0v) is 10.7. The fourth-order valence-electron chi connectivity index (χ4n) is 1.52. The van der Waals surface area contributed by atoms with Gasteiger partial charge in [0.25, 0.3) is 0 Å². The first-order valence-corrected chi connectivity index (χ1v) is 5.65. The third kappa shape index (κ3) is 4.56. The van der Waals surface area contributed by atoms with Gasteiger partial charge in [-0.25, -0.2) is 0 Å². The summed E-state index contributed by atoms with van der Waals surface area (Å²) in [5, 5.41) is 0. The quantitative estimate of drug-likeness (QED) is 0.801. The summed E-state index contributed by atoms with van der Waals surface area (Å²) in [5.74, 6) is 0.896. The van der Waals surface area contributed by atoms with Gasteiger partial charge < -0.3 is 9.47 Å². The van der Waals surface area contributed by atoms with Crippen molar-refractivity contribution >= 4 is 0 Å². The molecule has 0 heterocycles. The summed E-state index contributed by atoms with van der Waals surface area (Å²) in [6.07, 6.45) is -4.30. The average Bonchev–Trinajstić information content (AvgIpc) is 2.27. The fraction of sp³-hybridized carbons (Fsp3) is 0.538. The molecule has 1 aromatic rings.